The topological polar surface area (TPSA) is 53.1 Å². The van der Waals surface area contributed by atoms with Crippen LogP contribution in [0.1, 0.15) is 52.4 Å². The van der Waals surface area contributed by atoms with Gasteiger partial charge in [0.15, 0.2) is 0 Å². The molecule has 1 aromatic carbocycles. The highest BCUT2D eigenvalue weighted by Gasteiger charge is 2.11. The first-order valence-corrected chi connectivity index (χ1v) is 8.15. The van der Waals surface area contributed by atoms with Gasteiger partial charge in [-0.15, -0.1) is 0 Å². The number of anilines is 1. The third-order valence-electron chi connectivity index (χ3n) is 3.81. The maximum absolute atomic E-state index is 6.08. The van der Waals surface area contributed by atoms with Crippen molar-refractivity contribution in [1.82, 2.24) is 9.55 Å². The lowest BCUT2D eigenvalue weighted by atomic mass is 10.1. The van der Waals surface area contributed by atoms with E-state index in [1.54, 1.807) is 0 Å². The summed E-state index contributed by atoms with van der Waals surface area (Å²) in [4.78, 5) is 4.48. The summed E-state index contributed by atoms with van der Waals surface area (Å²) in [5.41, 5.74) is 8.03. The number of hydrogen-bond donors (Lipinski definition) is 1. The van der Waals surface area contributed by atoms with Crippen molar-refractivity contribution in [3.05, 3.63) is 18.2 Å². The average Bonchev–Trinajstić information content (AvgIpc) is 2.80. The number of aromatic nitrogens is 2. The summed E-state index contributed by atoms with van der Waals surface area (Å²) in [6.07, 6.45) is 7.69. The van der Waals surface area contributed by atoms with Crippen LogP contribution in [0.2, 0.25) is 0 Å². The fourth-order valence-corrected chi connectivity index (χ4v) is 2.70. The predicted molar refractivity (Wildman–Crippen MR) is 88.7 cm³/mol. The third kappa shape index (κ3) is 3.90. The number of rotatable bonds is 9. The molecule has 0 bridgehead atoms. The second-order valence-corrected chi connectivity index (χ2v) is 5.45. The summed E-state index contributed by atoms with van der Waals surface area (Å²) >= 11 is 0. The minimum absolute atomic E-state index is 0.589. The quantitative estimate of drug-likeness (QED) is 0.697. The van der Waals surface area contributed by atoms with Crippen molar-refractivity contribution in [2.45, 2.75) is 58.9 Å². The lowest BCUT2D eigenvalue weighted by molar-refractivity contribution is 0.343. The number of unbranched alkanes of at least 4 members (excludes halogenated alkanes) is 5. The Morgan fingerprint density at radius 2 is 1.86 bits per heavy atom. The normalized spacial score (nSPS) is 11.1. The molecule has 0 radical (unpaired) electrons. The molecule has 0 saturated heterocycles. The molecule has 1 aromatic heterocycles. The van der Waals surface area contributed by atoms with Gasteiger partial charge in [-0.05, 0) is 25.5 Å². The number of aryl methyl sites for hydroxylation is 1. The van der Waals surface area contributed by atoms with Crippen LogP contribution >= 0.6 is 0 Å². The minimum Gasteiger partial charge on any atom is -0.492 e. The Morgan fingerprint density at radius 1 is 1.10 bits per heavy atom. The zero-order valence-electron chi connectivity index (χ0n) is 13.3. The molecule has 116 valence electrons. The van der Waals surface area contributed by atoms with Gasteiger partial charge in [0.2, 0.25) is 5.95 Å². The van der Waals surface area contributed by atoms with Crippen molar-refractivity contribution in [3.8, 4) is 5.75 Å². The van der Waals surface area contributed by atoms with E-state index in [1.807, 2.05) is 19.1 Å². The van der Waals surface area contributed by atoms with Gasteiger partial charge in [-0.2, -0.15) is 0 Å². The van der Waals surface area contributed by atoms with Gasteiger partial charge in [-0.3, -0.25) is 0 Å². The molecule has 0 amide bonds. The number of hydrogen-bond acceptors (Lipinski definition) is 3. The van der Waals surface area contributed by atoms with Crippen LogP contribution in [0.3, 0.4) is 0 Å². The van der Waals surface area contributed by atoms with Crippen LogP contribution < -0.4 is 10.5 Å². The number of benzene rings is 1. The van der Waals surface area contributed by atoms with Crippen molar-refractivity contribution in [2.24, 2.45) is 0 Å². The van der Waals surface area contributed by atoms with Crippen LogP contribution in [0.5, 0.6) is 5.75 Å². The highest BCUT2D eigenvalue weighted by molar-refractivity contribution is 5.84. The first-order valence-electron chi connectivity index (χ1n) is 8.15. The Hall–Kier alpha value is -1.71. The largest absolute Gasteiger partial charge is 0.492 e. The van der Waals surface area contributed by atoms with E-state index in [1.165, 1.54) is 32.1 Å². The van der Waals surface area contributed by atoms with Gasteiger partial charge in [0, 0.05) is 6.54 Å². The summed E-state index contributed by atoms with van der Waals surface area (Å²) in [6.45, 7) is 5.80. The van der Waals surface area contributed by atoms with E-state index in [-0.39, 0.29) is 0 Å². The van der Waals surface area contributed by atoms with E-state index in [0.717, 1.165) is 29.7 Å². The van der Waals surface area contributed by atoms with Gasteiger partial charge < -0.3 is 15.0 Å². The second-order valence-electron chi connectivity index (χ2n) is 5.45. The number of ether oxygens (including phenoxy) is 1. The van der Waals surface area contributed by atoms with Crippen molar-refractivity contribution < 1.29 is 4.74 Å². The maximum Gasteiger partial charge on any atom is 0.201 e. The van der Waals surface area contributed by atoms with Crippen LogP contribution in [0, 0.1) is 0 Å². The number of nitrogen functional groups attached to an aromatic ring is 1. The second kappa shape index (κ2) is 7.91. The predicted octanol–water partition coefficient (Wildman–Crippen LogP) is 4.38. The molecule has 0 aliphatic carbocycles. The molecule has 0 saturated carbocycles. The average molecular weight is 289 g/mol. The van der Waals surface area contributed by atoms with Gasteiger partial charge >= 0.3 is 0 Å². The van der Waals surface area contributed by atoms with E-state index in [4.69, 9.17) is 10.5 Å². The van der Waals surface area contributed by atoms with E-state index in [9.17, 15) is 0 Å². The molecule has 2 aromatic rings. The zero-order chi connectivity index (χ0) is 15.1. The van der Waals surface area contributed by atoms with Crippen LogP contribution in [0.4, 0.5) is 5.95 Å². The molecule has 1 heterocycles. The highest BCUT2D eigenvalue weighted by atomic mass is 16.5. The first kappa shape index (κ1) is 15.7. The molecule has 2 N–H and O–H groups in total. The fourth-order valence-electron chi connectivity index (χ4n) is 2.70. The van der Waals surface area contributed by atoms with E-state index >= 15 is 0 Å². The molecule has 0 unspecified atom stereocenters. The first-order chi connectivity index (χ1) is 10.3. The Labute approximate surface area is 127 Å². The zero-order valence-corrected chi connectivity index (χ0v) is 13.3. The van der Waals surface area contributed by atoms with Crippen molar-refractivity contribution in [3.63, 3.8) is 0 Å². The Kier molecular flexibility index (Phi) is 5.90. The summed E-state index contributed by atoms with van der Waals surface area (Å²) in [5.74, 6) is 1.41. The Bertz CT molecular complexity index is 562. The molecule has 4 heteroatoms. The van der Waals surface area contributed by atoms with E-state index in [2.05, 4.69) is 22.5 Å². The SMILES string of the molecule is CCCCCCCCn1c(N)nc2c(OCC)cccc21. The molecule has 2 rings (SSSR count). The molecule has 4 nitrogen and oxygen atoms in total. The van der Waals surface area contributed by atoms with Gasteiger partial charge in [0.05, 0.1) is 12.1 Å². The Balaban J connectivity index is 2.02. The summed E-state index contributed by atoms with van der Waals surface area (Å²) in [7, 11) is 0. The molecular formula is C17H27N3O. The Morgan fingerprint density at radius 3 is 2.62 bits per heavy atom. The molecular weight excluding hydrogens is 262 g/mol. The summed E-state index contributed by atoms with van der Waals surface area (Å²) < 4.78 is 7.73. The lowest BCUT2D eigenvalue weighted by Crippen LogP contribution is -2.03. The third-order valence-corrected chi connectivity index (χ3v) is 3.81. The van der Waals surface area contributed by atoms with Crippen molar-refractivity contribution >= 4 is 17.0 Å². The van der Waals surface area contributed by atoms with Crippen LogP contribution in [0.25, 0.3) is 11.0 Å². The van der Waals surface area contributed by atoms with Gasteiger partial charge in [-0.1, -0.05) is 45.1 Å². The molecule has 21 heavy (non-hydrogen) atoms. The molecule has 0 spiro atoms. The standard InChI is InChI=1S/C17H27N3O/c1-3-5-6-7-8-9-13-20-14-11-10-12-15(21-4-2)16(14)19-17(20)18/h10-12H,3-9,13H2,1-2H3,(H2,18,19). The monoisotopic (exact) mass is 289 g/mol. The van der Waals surface area contributed by atoms with Crippen LogP contribution in [-0.4, -0.2) is 16.2 Å². The smallest absolute Gasteiger partial charge is 0.201 e. The molecule has 0 aliphatic heterocycles. The minimum atomic E-state index is 0.589. The number of para-hydroxylation sites is 1. The van der Waals surface area contributed by atoms with Gasteiger partial charge in [-0.25, -0.2) is 4.98 Å². The molecule has 0 fully saturated rings. The van der Waals surface area contributed by atoms with Gasteiger partial charge in [0.1, 0.15) is 11.3 Å². The van der Waals surface area contributed by atoms with Crippen molar-refractivity contribution in [2.75, 3.05) is 12.3 Å². The fraction of sp³-hybridized carbons (Fsp3) is 0.588. The van der Waals surface area contributed by atoms with E-state index < -0.39 is 0 Å². The van der Waals surface area contributed by atoms with E-state index in [0.29, 0.717) is 12.6 Å². The van der Waals surface area contributed by atoms with Crippen LogP contribution in [0.15, 0.2) is 18.2 Å². The summed E-state index contributed by atoms with van der Waals surface area (Å²) in [6, 6.07) is 6.03. The highest BCUT2D eigenvalue weighted by Crippen LogP contribution is 2.27. The van der Waals surface area contributed by atoms with Crippen molar-refractivity contribution in [1.29, 1.82) is 0 Å². The van der Waals surface area contributed by atoms with Gasteiger partial charge in [0.25, 0.3) is 0 Å². The molecule has 0 atom stereocenters. The summed E-state index contributed by atoms with van der Waals surface area (Å²) in [5, 5.41) is 0. The van der Waals surface area contributed by atoms with Crippen LogP contribution in [-0.2, 0) is 6.54 Å². The number of nitrogens with two attached hydrogens (primary N) is 1. The number of imidazole rings is 1. The number of fused-ring (bicyclic) bond motifs is 1. The maximum atomic E-state index is 6.08. The molecule has 0 aliphatic rings. The lowest BCUT2D eigenvalue weighted by Gasteiger charge is -2.07. The number of nitrogens with zero attached hydrogens (tertiary/aromatic N) is 2.